The lowest BCUT2D eigenvalue weighted by atomic mass is 10.2. The molecule has 0 N–H and O–H groups in total. The van der Waals surface area contributed by atoms with Gasteiger partial charge in [0.15, 0.2) is 6.10 Å². The minimum absolute atomic E-state index is 0.182. The smallest absolute Gasteiger partial charge is 0.307 e. The molecular formula is C10H14O4. The van der Waals surface area contributed by atoms with E-state index in [-0.39, 0.29) is 24.8 Å². The Kier molecular flexibility index (Phi) is 6.21. The molecule has 0 aliphatic carbocycles. The zero-order valence-electron chi connectivity index (χ0n) is 8.41. The lowest BCUT2D eigenvalue weighted by Crippen LogP contribution is -2.13. The van der Waals surface area contributed by atoms with Gasteiger partial charge in [-0.1, -0.05) is 5.92 Å². The third-order valence-electron chi connectivity index (χ3n) is 1.53. The minimum Gasteiger partial charge on any atom is -0.469 e. The van der Waals surface area contributed by atoms with Gasteiger partial charge in [-0.25, -0.2) is 0 Å². The summed E-state index contributed by atoms with van der Waals surface area (Å²) in [6.45, 7) is 1.61. The summed E-state index contributed by atoms with van der Waals surface area (Å²) in [5.41, 5.74) is 0. The monoisotopic (exact) mass is 198 g/mol. The molecule has 0 radical (unpaired) electrons. The Morgan fingerprint density at radius 3 is 2.43 bits per heavy atom. The van der Waals surface area contributed by atoms with E-state index in [0.717, 1.165) is 0 Å². The van der Waals surface area contributed by atoms with E-state index in [1.165, 1.54) is 7.11 Å². The molecule has 0 aromatic heterocycles. The zero-order valence-corrected chi connectivity index (χ0v) is 8.41. The number of hydrogen-bond acceptors (Lipinski definition) is 4. The Labute approximate surface area is 83.6 Å². The molecule has 0 aliphatic rings. The lowest BCUT2D eigenvalue weighted by Gasteiger charge is -2.06. The van der Waals surface area contributed by atoms with Crippen LogP contribution in [0.2, 0.25) is 0 Å². The largest absolute Gasteiger partial charge is 0.469 e. The van der Waals surface area contributed by atoms with Gasteiger partial charge in [-0.3, -0.25) is 9.59 Å². The summed E-state index contributed by atoms with van der Waals surface area (Å²) in [5, 5.41) is 0. The highest BCUT2D eigenvalue weighted by atomic mass is 16.5. The van der Waals surface area contributed by atoms with Gasteiger partial charge in [-0.2, -0.15) is 0 Å². The molecule has 0 saturated carbocycles. The molecule has 0 heterocycles. The molecule has 1 unspecified atom stereocenters. The predicted octanol–water partition coefficient (Wildman–Crippen LogP) is 0.895. The van der Waals surface area contributed by atoms with Crippen molar-refractivity contribution in [1.82, 2.24) is 0 Å². The molecule has 78 valence electrons. The summed E-state index contributed by atoms with van der Waals surface area (Å²) < 4.78 is 9.20. The van der Waals surface area contributed by atoms with Gasteiger partial charge >= 0.3 is 11.9 Å². The van der Waals surface area contributed by atoms with Crippen LogP contribution in [0.4, 0.5) is 0 Å². The molecule has 0 fully saturated rings. The molecule has 4 heteroatoms. The first-order valence-electron chi connectivity index (χ1n) is 4.32. The van der Waals surface area contributed by atoms with Gasteiger partial charge in [0, 0.05) is 12.8 Å². The van der Waals surface area contributed by atoms with Crippen molar-refractivity contribution in [2.75, 3.05) is 7.11 Å². The summed E-state index contributed by atoms with van der Waals surface area (Å²) in [4.78, 5) is 21.7. The second-order valence-corrected chi connectivity index (χ2v) is 2.73. The van der Waals surface area contributed by atoms with Gasteiger partial charge in [0.2, 0.25) is 0 Å². The van der Waals surface area contributed by atoms with Crippen LogP contribution in [0.1, 0.15) is 26.2 Å². The summed E-state index contributed by atoms with van der Waals surface area (Å²) in [6, 6.07) is 0. The van der Waals surface area contributed by atoms with Gasteiger partial charge in [0.25, 0.3) is 0 Å². The summed E-state index contributed by atoms with van der Waals surface area (Å²) in [7, 11) is 1.31. The van der Waals surface area contributed by atoms with Crippen LogP contribution >= 0.6 is 0 Å². The van der Waals surface area contributed by atoms with E-state index < -0.39 is 6.10 Å². The van der Waals surface area contributed by atoms with Gasteiger partial charge < -0.3 is 9.47 Å². The number of ether oxygens (including phenoxy) is 2. The van der Waals surface area contributed by atoms with Crippen LogP contribution in [-0.4, -0.2) is 25.2 Å². The number of terminal acetylenes is 1. The Bertz CT molecular complexity index is 239. The average molecular weight is 198 g/mol. The number of esters is 2. The van der Waals surface area contributed by atoms with E-state index in [2.05, 4.69) is 10.7 Å². The van der Waals surface area contributed by atoms with Gasteiger partial charge in [-0.15, -0.1) is 6.42 Å². The van der Waals surface area contributed by atoms with Gasteiger partial charge in [-0.05, 0) is 13.3 Å². The van der Waals surface area contributed by atoms with Gasteiger partial charge in [0.1, 0.15) is 0 Å². The Balaban J connectivity index is 3.56. The first kappa shape index (κ1) is 12.5. The molecular weight excluding hydrogens is 184 g/mol. The molecule has 1 atom stereocenters. The molecule has 0 aliphatic heterocycles. The maximum atomic E-state index is 11.0. The Hall–Kier alpha value is -1.50. The quantitative estimate of drug-likeness (QED) is 0.486. The summed E-state index contributed by atoms with van der Waals surface area (Å²) >= 11 is 0. The number of hydrogen-bond donors (Lipinski definition) is 0. The number of methoxy groups -OCH3 is 1. The molecule has 0 amide bonds. The van der Waals surface area contributed by atoms with Crippen LogP contribution in [0.15, 0.2) is 0 Å². The van der Waals surface area contributed by atoms with Crippen LogP contribution in [0.25, 0.3) is 0 Å². The van der Waals surface area contributed by atoms with Crippen molar-refractivity contribution in [1.29, 1.82) is 0 Å². The maximum absolute atomic E-state index is 11.0. The second-order valence-electron chi connectivity index (χ2n) is 2.73. The first-order chi connectivity index (χ1) is 6.60. The number of carbonyl (C=O) groups is 2. The van der Waals surface area contributed by atoms with Crippen molar-refractivity contribution >= 4 is 11.9 Å². The van der Waals surface area contributed by atoms with E-state index in [1.807, 2.05) is 0 Å². The molecule has 4 nitrogen and oxygen atoms in total. The standard InChI is InChI=1S/C10H14O4/c1-4-8(2)14-10(12)7-5-6-9(11)13-3/h1,8H,5-7H2,2-3H3. The molecule has 0 bridgehead atoms. The van der Waals surface area contributed by atoms with Gasteiger partial charge in [0.05, 0.1) is 7.11 Å². The lowest BCUT2D eigenvalue weighted by molar-refractivity contribution is -0.146. The fourth-order valence-corrected chi connectivity index (χ4v) is 0.769. The van der Waals surface area contributed by atoms with Crippen LogP contribution in [0, 0.1) is 12.3 Å². The second kappa shape index (κ2) is 6.96. The SMILES string of the molecule is C#CC(C)OC(=O)CCCC(=O)OC. The number of carbonyl (C=O) groups excluding carboxylic acids is 2. The predicted molar refractivity (Wildman–Crippen MR) is 50.3 cm³/mol. The Morgan fingerprint density at radius 1 is 1.36 bits per heavy atom. The minimum atomic E-state index is -0.513. The Morgan fingerprint density at radius 2 is 1.93 bits per heavy atom. The highest BCUT2D eigenvalue weighted by molar-refractivity contribution is 5.72. The van der Waals surface area contributed by atoms with Crippen molar-refractivity contribution in [3.05, 3.63) is 0 Å². The topological polar surface area (TPSA) is 52.6 Å². The molecule has 0 rings (SSSR count). The van der Waals surface area contributed by atoms with E-state index in [9.17, 15) is 9.59 Å². The van der Waals surface area contributed by atoms with Crippen molar-refractivity contribution in [2.45, 2.75) is 32.3 Å². The van der Waals surface area contributed by atoms with Crippen LogP contribution in [0.5, 0.6) is 0 Å². The normalized spacial score (nSPS) is 11.2. The van der Waals surface area contributed by atoms with E-state index in [1.54, 1.807) is 6.92 Å². The average Bonchev–Trinajstić information content (AvgIpc) is 2.17. The fourth-order valence-electron chi connectivity index (χ4n) is 0.769. The van der Waals surface area contributed by atoms with E-state index in [4.69, 9.17) is 11.2 Å². The summed E-state index contributed by atoms with van der Waals surface area (Å²) in [5.74, 6) is 1.55. The third-order valence-corrected chi connectivity index (χ3v) is 1.53. The number of rotatable bonds is 5. The van der Waals surface area contributed by atoms with Crippen molar-refractivity contribution in [2.24, 2.45) is 0 Å². The zero-order chi connectivity index (χ0) is 11.0. The molecule has 0 spiro atoms. The first-order valence-corrected chi connectivity index (χ1v) is 4.32. The van der Waals surface area contributed by atoms with E-state index >= 15 is 0 Å². The third kappa shape index (κ3) is 6.06. The van der Waals surface area contributed by atoms with Crippen LogP contribution in [0.3, 0.4) is 0 Å². The molecule has 0 saturated heterocycles. The van der Waals surface area contributed by atoms with Crippen molar-refractivity contribution in [3.63, 3.8) is 0 Å². The highest BCUT2D eigenvalue weighted by Gasteiger charge is 2.08. The molecule has 0 aromatic rings. The maximum Gasteiger partial charge on any atom is 0.307 e. The summed E-state index contributed by atoms with van der Waals surface area (Å²) in [6.07, 6.45) is 5.32. The van der Waals surface area contributed by atoms with Crippen molar-refractivity contribution < 1.29 is 19.1 Å². The fraction of sp³-hybridized carbons (Fsp3) is 0.600. The molecule has 14 heavy (non-hydrogen) atoms. The van der Waals surface area contributed by atoms with E-state index in [0.29, 0.717) is 6.42 Å². The van der Waals surface area contributed by atoms with Crippen LogP contribution < -0.4 is 0 Å². The van der Waals surface area contributed by atoms with Crippen LogP contribution in [-0.2, 0) is 19.1 Å². The van der Waals surface area contributed by atoms with Crippen molar-refractivity contribution in [3.8, 4) is 12.3 Å². The highest BCUT2D eigenvalue weighted by Crippen LogP contribution is 2.01. The molecule has 0 aromatic carbocycles.